The van der Waals surface area contributed by atoms with Gasteiger partial charge in [-0.25, -0.2) is 11.4 Å². The van der Waals surface area contributed by atoms with E-state index in [1.165, 1.54) is 0 Å². The average molecular weight is 89.1 g/mol. The minimum Gasteiger partial charge on any atom is -0.303 e. The van der Waals surface area contributed by atoms with Gasteiger partial charge in [0, 0.05) is 0 Å². The second kappa shape index (κ2) is 4.52. The second-order valence-electron chi connectivity index (χ2n) is 0.753. The molecule has 0 rings (SSSR count). The van der Waals surface area contributed by atoms with Crippen LogP contribution in [0.3, 0.4) is 0 Å². The molecule has 0 radical (unpaired) electrons. The van der Waals surface area contributed by atoms with Crippen molar-refractivity contribution in [1.29, 1.82) is 5.53 Å². The van der Waals surface area contributed by atoms with Crippen LogP contribution < -0.4 is 5.90 Å². The first-order valence-corrected chi connectivity index (χ1v) is 1.56. The SMILES string of the molecule is N=NCCON. The topological polar surface area (TPSA) is 71.5 Å². The Labute approximate surface area is 35.7 Å². The summed E-state index contributed by atoms with van der Waals surface area (Å²) in [7, 11) is 0. The van der Waals surface area contributed by atoms with Gasteiger partial charge < -0.3 is 4.84 Å². The lowest BCUT2D eigenvalue weighted by atomic mass is 10.7. The Morgan fingerprint density at radius 2 is 2.50 bits per heavy atom. The van der Waals surface area contributed by atoms with Crippen molar-refractivity contribution in [2.75, 3.05) is 13.2 Å². The molecule has 4 heteroatoms. The lowest BCUT2D eigenvalue weighted by Crippen LogP contribution is -2.02. The summed E-state index contributed by atoms with van der Waals surface area (Å²) in [5, 5.41) is 2.97. The van der Waals surface area contributed by atoms with Crippen LogP contribution >= 0.6 is 0 Å². The van der Waals surface area contributed by atoms with Gasteiger partial charge in [0.2, 0.25) is 0 Å². The summed E-state index contributed by atoms with van der Waals surface area (Å²) in [5.74, 6) is 4.57. The first kappa shape index (κ1) is 5.52. The maximum Gasteiger partial charge on any atom is 0.0892 e. The van der Waals surface area contributed by atoms with Crippen LogP contribution in [0.4, 0.5) is 0 Å². The molecule has 0 saturated heterocycles. The molecule has 0 aliphatic rings. The molecule has 36 valence electrons. The van der Waals surface area contributed by atoms with Crippen LogP contribution in [0, 0.1) is 5.53 Å². The minimum absolute atomic E-state index is 0.337. The number of nitrogens with one attached hydrogen (secondary N) is 1. The van der Waals surface area contributed by atoms with Crippen molar-refractivity contribution < 1.29 is 4.84 Å². The van der Waals surface area contributed by atoms with Crippen molar-refractivity contribution in [2.45, 2.75) is 0 Å². The summed E-state index contributed by atoms with van der Waals surface area (Å²) in [6.45, 7) is 0.694. The van der Waals surface area contributed by atoms with Crippen molar-refractivity contribution >= 4 is 0 Å². The lowest BCUT2D eigenvalue weighted by Gasteiger charge is -1.84. The zero-order valence-electron chi connectivity index (χ0n) is 3.35. The largest absolute Gasteiger partial charge is 0.303 e. The number of hydrogen-bond acceptors (Lipinski definition) is 4. The molecule has 0 aromatic heterocycles. The molecule has 0 unspecified atom stereocenters. The molecule has 0 spiro atoms. The molecular formula is C2H7N3O. The Bertz CT molecular complexity index is 37.8. The molecule has 6 heavy (non-hydrogen) atoms. The lowest BCUT2D eigenvalue weighted by molar-refractivity contribution is 0.145. The Balaban J connectivity index is 2.49. The van der Waals surface area contributed by atoms with Crippen LogP contribution in [0.2, 0.25) is 0 Å². The number of nitrogens with zero attached hydrogens (tertiary/aromatic N) is 1. The number of nitrogens with two attached hydrogens (primary N) is 1. The number of hydrogen-bond donors (Lipinski definition) is 2. The van der Waals surface area contributed by atoms with Gasteiger partial charge in [0.05, 0.1) is 13.2 Å². The van der Waals surface area contributed by atoms with Gasteiger partial charge in [-0.2, -0.15) is 5.11 Å². The van der Waals surface area contributed by atoms with E-state index >= 15 is 0 Å². The summed E-state index contributed by atoms with van der Waals surface area (Å²) < 4.78 is 0. The first-order valence-electron chi connectivity index (χ1n) is 1.56. The quantitative estimate of drug-likeness (QED) is 0.288. The van der Waals surface area contributed by atoms with Gasteiger partial charge in [0.1, 0.15) is 0 Å². The summed E-state index contributed by atoms with van der Waals surface area (Å²) >= 11 is 0. The predicted octanol–water partition coefficient (Wildman–Crippen LogP) is -0.0923. The zero-order chi connectivity index (χ0) is 4.83. The van der Waals surface area contributed by atoms with Gasteiger partial charge >= 0.3 is 0 Å². The van der Waals surface area contributed by atoms with E-state index in [1.807, 2.05) is 0 Å². The third-order valence-electron chi connectivity index (χ3n) is 0.321. The van der Waals surface area contributed by atoms with E-state index in [4.69, 9.17) is 5.53 Å². The molecule has 0 aromatic carbocycles. The Morgan fingerprint density at radius 1 is 1.83 bits per heavy atom. The van der Waals surface area contributed by atoms with Gasteiger partial charge in [0.15, 0.2) is 0 Å². The van der Waals surface area contributed by atoms with E-state index in [-0.39, 0.29) is 0 Å². The molecule has 0 aliphatic carbocycles. The monoisotopic (exact) mass is 89.1 g/mol. The van der Waals surface area contributed by atoms with Crippen LogP contribution in [0.15, 0.2) is 5.11 Å². The van der Waals surface area contributed by atoms with E-state index in [9.17, 15) is 0 Å². The van der Waals surface area contributed by atoms with Crippen molar-refractivity contribution in [1.82, 2.24) is 0 Å². The fraction of sp³-hybridized carbons (Fsp3) is 1.00. The van der Waals surface area contributed by atoms with Gasteiger partial charge in [-0.1, -0.05) is 0 Å². The summed E-state index contributed by atoms with van der Waals surface area (Å²) in [5.41, 5.74) is 6.20. The fourth-order valence-corrected chi connectivity index (χ4v) is 0.0983. The molecule has 0 fully saturated rings. The van der Waals surface area contributed by atoms with Crippen LogP contribution in [0.1, 0.15) is 0 Å². The van der Waals surface area contributed by atoms with E-state index < -0.39 is 0 Å². The maximum absolute atomic E-state index is 6.20. The standard InChI is InChI=1S/C2H7N3O/c3-5-1-2-6-4/h3H,1-2,4H2. The molecule has 3 N–H and O–H groups in total. The molecule has 0 bridgehead atoms. The first-order chi connectivity index (χ1) is 2.91. The molecule has 0 aliphatic heterocycles. The van der Waals surface area contributed by atoms with E-state index in [0.29, 0.717) is 13.2 Å². The molecule has 0 heterocycles. The van der Waals surface area contributed by atoms with E-state index in [0.717, 1.165) is 0 Å². The van der Waals surface area contributed by atoms with Gasteiger partial charge in [0.25, 0.3) is 0 Å². The smallest absolute Gasteiger partial charge is 0.0892 e. The van der Waals surface area contributed by atoms with Crippen LogP contribution in [0.5, 0.6) is 0 Å². The van der Waals surface area contributed by atoms with E-state index in [1.54, 1.807) is 0 Å². The Hall–Kier alpha value is -0.480. The van der Waals surface area contributed by atoms with Crippen LogP contribution in [-0.2, 0) is 4.84 Å². The number of rotatable bonds is 3. The van der Waals surface area contributed by atoms with Crippen molar-refractivity contribution in [3.63, 3.8) is 0 Å². The Kier molecular flexibility index (Phi) is 4.16. The third kappa shape index (κ3) is 3.52. The second-order valence-corrected chi connectivity index (χ2v) is 0.753. The average Bonchev–Trinajstić information content (AvgIpc) is 1.61. The highest BCUT2D eigenvalue weighted by atomic mass is 16.6. The van der Waals surface area contributed by atoms with Gasteiger partial charge in [-0.15, -0.1) is 0 Å². The molecule has 4 nitrogen and oxygen atoms in total. The van der Waals surface area contributed by atoms with Gasteiger partial charge in [-0.3, -0.25) is 0 Å². The normalized spacial score (nSPS) is 8.17. The zero-order valence-corrected chi connectivity index (χ0v) is 3.35. The molecule has 0 aromatic rings. The molecular weight excluding hydrogens is 82.0 g/mol. The summed E-state index contributed by atoms with van der Waals surface area (Å²) in [6.07, 6.45) is 0. The maximum atomic E-state index is 6.20. The van der Waals surface area contributed by atoms with Gasteiger partial charge in [-0.05, 0) is 0 Å². The van der Waals surface area contributed by atoms with Crippen molar-refractivity contribution in [2.24, 2.45) is 11.0 Å². The van der Waals surface area contributed by atoms with Crippen LogP contribution in [0.25, 0.3) is 0 Å². The van der Waals surface area contributed by atoms with Crippen molar-refractivity contribution in [3.05, 3.63) is 0 Å². The molecule has 0 atom stereocenters. The minimum atomic E-state index is 0.337. The summed E-state index contributed by atoms with van der Waals surface area (Å²) in [6, 6.07) is 0. The highest BCUT2D eigenvalue weighted by Gasteiger charge is 1.72. The van der Waals surface area contributed by atoms with Crippen molar-refractivity contribution in [3.8, 4) is 0 Å². The highest BCUT2D eigenvalue weighted by molar-refractivity contribution is 4.26. The predicted molar refractivity (Wildman–Crippen MR) is 20.2 cm³/mol. The molecule has 0 saturated carbocycles. The Morgan fingerprint density at radius 3 is 2.67 bits per heavy atom. The van der Waals surface area contributed by atoms with E-state index in [2.05, 4.69) is 15.8 Å². The molecule has 0 amide bonds. The highest BCUT2D eigenvalue weighted by Crippen LogP contribution is 1.63. The van der Waals surface area contributed by atoms with Crippen LogP contribution in [-0.4, -0.2) is 13.2 Å². The summed E-state index contributed by atoms with van der Waals surface area (Å²) in [4.78, 5) is 4.07. The fourth-order valence-electron chi connectivity index (χ4n) is 0.0983. The third-order valence-corrected chi connectivity index (χ3v) is 0.321.